The van der Waals surface area contributed by atoms with Crippen LogP contribution in [-0.2, 0) is 4.74 Å². The quantitative estimate of drug-likeness (QED) is 0.418. The van der Waals surface area contributed by atoms with Gasteiger partial charge in [-0.1, -0.05) is 50.5 Å². The summed E-state index contributed by atoms with van der Waals surface area (Å²) in [4.78, 5) is 22.3. The van der Waals surface area contributed by atoms with Gasteiger partial charge in [0, 0.05) is 30.7 Å². The van der Waals surface area contributed by atoms with Crippen molar-refractivity contribution in [3.05, 3.63) is 50.4 Å². The molecule has 0 N–H and O–H groups in total. The molecule has 0 saturated carbocycles. The Morgan fingerprint density at radius 1 is 1.26 bits per heavy atom. The SMILES string of the molecule is COc1ccc(Cl)c2sc(N(CCN3CCOCC3)C(=O)c3cc(Br)ccc3Cl)nc12. The highest BCUT2D eigenvalue weighted by atomic mass is 79.9. The summed E-state index contributed by atoms with van der Waals surface area (Å²) >= 11 is 17.6. The van der Waals surface area contributed by atoms with Gasteiger partial charge in [-0.15, -0.1) is 0 Å². The maximum absolute atomic E-state index is 13.6. The van der Waals surface area contributed by atoms with E-state index in [1.807, 2.05) is 0 Å². The average molecular weight is 545 g/mol. The number of amides is 1. The lowest BCUT2D eigenvalue weighted by Crippen LogP contribution is -2.43. The molecule has 1 saturated heterocycles. The zero-order chi connectivity index (χ0) is 22.0. The van der Waals surface area contributed by atoms with Crippen LogP contribution < -0.4 is 9.64 Å². The van der Waals surface area contributed by atoms with E-state index in [-0.39, 0.29) is 5.91 Å². The number of methoxy groups -OCH3 is 1. The normalized spacial score (nSPS) is 14.7. The maximum atomic E-state index is 13.6. The Bertz CT molecular complexity index is 1100. The molecule has 4 rings (SSSR count). The van der Waals surface area contributed by atoms with Crippen molar-refractivity contribution in [1.29, 1.82) is 0 Å². The van der Waals surface area contributed by atoms with Crippen LogP contribution in [0.1, 0.15) is 10.4 Å². The Hall–Kier alpha value is -1.42. The average Bonchev–Trinajstić information content (AvgIpc) is 3.22. The molecule has 0 spiro atoms. The lowest BCUT2D eigenvalue weighted by Gasteiger charge is -2.29. The number of nitrogens with zero attached hydrogens (tertiary/aromatic N) is 3. The van der Waals surface area contributed by atoms with Crippen molar-refractivity contribution in [2.45, 2.75) is 0 Å². The Labute approximate surface area is 202 Å². The first kappa shape index (κ1) is 22.8. The standard InChI is InChI=1S/C21H20BrCl2N3O3S/c1-29-17-5-4-16(24)19-18(17)25-21(31-19)27(7-6-26-8-10-30-11-9-26)20(28)14-12-13(22)2-3-15(14)23/h2-5,12H,6-11H2,1H3. The highest BCUT2D eigenvalue weighted by molar-refractivity contribution is 9.10. The van der Waals surface area contributed by atoms with Crippen LogP contribution in [0.4, 0.5) is 5.13 Å². The van der Waals surface area contributed by atoms with E-state index in [1.165, 1.54) is 11.3 Å². The van der Waals surface area contributed by atoms with Crippen molar-refractivity contribution >= 4 is 71.7 Å². The van der Waals surface area contributed by atoms with Crippen LogP contribution in [0.2, 0.25) is 10.0 Å². The van der Waals surface area contributed by atoms with Crippen LogP contribution in [-0.4, -0.2) is 62.3 Å². The summed E-state index contributed by atoms with van der Waals surface area (Å²) in [7, 11) is 1.59. The number of rotatable bonds is 6. The number of ether oxygens (including phenoxy) is 2. The Morgan fingerprint density at radius 3 is 2.74 bits per heavy atom. The molecule has 3 aromatic rings. The lowest BCUT2D eigenvalue weighted by molar-refractivity contribution is 0.0391. The van der Waals surface area contributed by atoms with Crippen LogP contribution in [0.5, 0.6) is 5.75 Å². The number of halogens is 3. The van der Waals surface area contributed by atoms with Crippen LogP contribution >= 0.6 is 50.5 Å². The number of hydrogen-bond acceptors (Lipinski definition) is 6. The van der Waals surface area contributed by atoms with Crippen molar-refractivity contribution in [3.63, 3.8) is 0 Å². The second-order valence-corrected chi connectivity index (χ2v) is 9.67. The first-order valence-corrected chi connectivity index (χ1v) is 12.0. The molecule has 1 amide bonds. The molecule has 0 aliphatic carbocycles. The highest BCUT2D eigenvalue weighted by Crippen LogP contribution is 2.39. The zero-order valence-electron chi connectivity index (χ0n) is 16.7. The van der Waals surface area contributed by atoms with E-state index in [0.717, 1.165) is 22.3 Å². The van der Waals surface area contributed by atoms with E-state index in [2.05, 4.69) is 20.8 Å². The molecular weight excluding hydrogens is 525 g/mol. The molecule has 2 heterocycles. The van der Waals surface area contributed by atoms with E-state index >= 15 is 0 Å². The van der Waals surface area contributed by atoms with E-state index in [0.29, 0.717) is 58.3 Å². The predicted octanol–water partition coefficient (Wildman–Crippen LogP) is 5.35. The molecule has 1 aliphatic rings. The molecule has 0 radical (unpaired) electrons. The number of morpholine rings is 1. The Morgan fingerprint density at radius 2 is 2.00 bits per heavy atom. The van der Waals surface area contributed by atoms with E-state index < -0.39 is 0 Å². The molecule has 0 atom stereocenters. The summed E-state index contributed by atoms with van der Waals surface area (Å²) in [6, 6.07) is 8.79. The third-order valence-corrected chi connectivity index (χ3v) is 7.41. The van der Waals surface area contributed by atoms with Crippen LogP contribution in [0.15, 0.2) is 34.8 Å². The van der Waals surface area contributed by atoms with Crippen molar-refractivity contribution in [1.82, 2.24) is 9.88 Å². The van der Waals surface area contributed by atoms with E-state index in [4.69, 9.17) is 37.7 Å². The second kappa shape index (κ2) is 10.0. The monoisotopic (exact) mass is 543 g/mol. The molecule has 1 aliphatic heterocycles. The number of benzene rings is 2. The molecule has 164 valence electrons. The van der Waals surface area contributed by atoms with Gasteiger partial charge < -0.3 is 9.47 Å². The van der Waals surface area contributed by atoms with Gasteiger partial charge in [-0.25, -0.2) is 4.98 Å². The molecular formula is C21H20BrCl2N3O3S. The van der Waals surface area contributed by atoms with Crippen molar-refractivity contribution in [3.8, 4) is 5.75 Å². The molecule has 1 aromatic heterocycles. The van der Waals surface area contributed by atoms with Crippen molar-refractivity contribution in [2.75, 3.05) is 51.4 Å². The highest BCUT2D eigenvalue weighted by Gasteiger charge is 2.26. The topological polar surface area (TPSA) is 54.9 Å². The minimum atomic E-state index is -0.214. The number of aromatic nitrogens is 1. The van der Waals surface area contributed by atoms with E-state index in [9.17, 15) is 4.79 Å². The largest absolute Gasteiger partial charge is 0.494 e. The number of fused-ring (bicyclic) bond motifs is 1. The summed E-state index contributed by atoms with van der Waals surface area (Å²) in [5.41, 5.74) is 1.05. The molecule has 31 heavy (non-hydrogen) atoms. The van der Waals surface area contributed by atoms with Crippen LogP contribution in [0.25, 0.3) is 10.2 Å². The van der Waals surface area contributed by atoms with Gasteiger partial charge in [0.15, 0.2) is 5.13 Å². The third-order valence-electron chi connectivity index (χ3n) is 5.05. The van der Waals surface area contributed by atoms with Gasteiger partial charge in [0.05, 0.1) is 40.6 Å². The Balaban J connectivity index is 1.72. The number of carbonyl (C=O) groups is 1. The van der Waals surface area contributed by atoms with Gasteiger partial charge in [-0.2, -0.15) is 0 Å². The molecule has 0 unspecified atom stereocenters. The summed E-state index contributed by atoms with van der Waals surface area (Å²) < 4.78 is 12.4. The molecule has 1 fully saturated rings. The number of hydrogen-bond donors (Lipinski definition) is 0. The van der Waals surface area contributed by atoms with Gasteiger partial charge in [-0.05, 0) is 30.3 Å². The number of carbonyl (C=O) groups excluding carboxylic acids is 1. The zero-order valence-corrected chi connectivity index (χ0v) is 20.7. The minimum absolute atomic E-state index is 0.214. The fraction of sp³-hybridized carbons (Fsp3) is 0.333. The van der Waals surface area contributed by atoms with Gasteiger partial charge in [-0.3, -0.25) is 14.6 Å². The minimum Gasteiger partial charge on any atom is -0.494 e. The van der Waals surface area contributed by atoms with Crippen molar-refractivity contribution in [2.24, 2.45) is 0 Å². The number of thiazole rings is 1. The maximum Gasteiger partial charge on any atom is 0.261 e. The predicted molar refractivity (Wildman–Crippen MR) is 129 cm³/mol. The molecule has 10 heteroatoms. The fourth-order valence-electron chi connectivity index (χ4n) is 3.38. The smallest absolute Gasteiger partial charge is 0.261 e. The van der Waals surface area contributed by atoms with Gasteiger partial charge in [0.25, 0.3) is 5.91 Å². The fourth-order valence-corrected chi connectivity index (χ4v) is 5.22. The number of anilines is 1. The third kappa shape index (κ3) is 4.99. The van der Waals surface area contributed by atoms with Crippen LogP contribution in [0.3, 0.4) is 0 Å². The molecule has 6 nitrogen and oxygen atoms in total. The lowest BCUT2D eigenvalue weighted by atomic mass is 10.2. The summed E-state index contributed by atoms with van der Waals surface area (Å²) in [6.07, 6.45) is 0. The van der Waals surface area contributed by atoms with E-state index in [1.54, 1.807) is 42.3 Å². The molecule has 2 aromatic carbocycles. The summed E-state index contributed by atoms with van der Waals surface area (Å²) in [5.74, 6) is 0.400. The summed E-state index contributed by atoms with van der Waals surface area (Å²) in [6.45, 7) is 4.21. The van der Waals surface area contributed by atoms with Gasteiger partial charge in [0.1, 0.15) is 11.3 Å². The first-order valence-electron chi connectivity index (χ1n) is 9.68. The second-order valence-electron chi connectivity index (χ2n) is 6.96. The van der Waals surface area contributed by atoms with Gasteiger partial charge in [0.2, 0.25) is 0 Å². The Kier molecular flexibility index (Phi) is 7.36. The summed E-state index contributed by atoms with van der Waals surface area (Å²) in [5, 5.41) is 1.51. The van der Waals surface area contributed by atoms with Crippen molar-refractivity contribution < 1.29 is 14.3 Å². The molecule has 0 bridgehead atoms. The van der Waals surface area contributed by atoms with Gasteiger partial charge >= 0.3 is 0 Å². The van der Waals surface area contributed by atoms with Crippen LogP contribution in [0, 0.1) is 0 Å². The first-order chi connectivity index (χ1) is 15.0.